The molecule has 0 atom stereocenters. The maximum Gasteiger partial charge on any atom is 0.260 e. The molecule has 0 unspecified atom stereocenters. The molecule has 2 amide bonds. The molecule has 0 aliphatic carbocycles. The van der Waals surface area contributed by atoms with Crippen LogP contribution in [0.5, 0.6) is 17.2 Å². The fourth-order valence-electron chi connectivity index (χ4n) is 5.56. The summed E-state index contributed by atoms with van der Waals surface area (Å²) in [7, 11) is 1.88. The molecule has 7 heteroatoms. The second kappa shape index (κ2) is 10.2. The fourth-order valence-corrected chi connectivity index (χ4v) is 5.56. The van der Waals surface area contributed by atoms with Crippen LogP contribution in [0.4, 0.5) is 0 Å². The highest BCUT2D eigenvalue weighted by atomic mass is 16.7. The highest BCUT2D eigenvalue weighted by Crippen LogP contribution is 2.39. The molecule has 1 saturated heterocycles. The molecule has 3 aliphatic heterocycles. The van der Waals surface area contributed by atoms with Gasteiger partial charge in [-0.1, -0.05) is 30.7 Å². The topological polar surface area (TPSA) is 68.3 Å². The number of aryl methyl sites for hydroxylation is 1. The number of nitrogens with zero attached hydrogens (tertiary/aromatic N) is 2. The van der Waals surface area contributed by atoms with Gasteiger partial charge in [0.2, 0.25) is 12.7 Å². The van der Waals surface area contributed by atoms with Crippen LogP contribution < -0.4 is 14.2 Å². The van der Waals surface area contributed by atoms with Crippen molar-refractivity contribution in [3.05, 3.63) is 53.6 Å². The van der Waals surface area contributed by atoms with Crippen LogP contribution in [-0.4, -0.2) is 61.7 Å². The van der Waals surface area contributed by atoms with E-state index in [2.05, 4.69) is 6.07 Å². The van der Waals surface area contributed by atoms with Crippen molar-refractivity contribution in [1.82, 2.24) is 9.80 Å². The first kappa shape index (κ1) is 23.5. The van der Waals surface area contributed by atoms with Gasteiger partial charge in [0, 0.05) is 26.7 Å². The lowest BCUT2D eigenvalue weighted by molar-refractivity contribution is -0.137. The number of piperidine rings is 1. The van der Waals surface area contributed by atoms with E-state index < -0.39 is 0 Å². The number of rotatable bonds is 2. The van der Waals surface area contributed by atoms with E-state index in [1.54, 1.807) is 0 Å². The minimum Gasteiger partial charge on any atom is -0.483 e. The Morgan fingerprint density at radius 2 is 1.74 bits per heavy atom. The highest BCUT2D eigenvalue weighted by molar-refractivity contribution is 5.79. The quantitative estimate of drug-likeness (QED) is 0.656. The number of para-hydroxylation sites is 1. The molecule has 5 rings (SSSR count). The van der Waals surface area contributed by atoms with Crippen molar-refractivity contribution in [2.75, 3.05) is 40.1 Å². The number of likely N-dealkylation sites (N-methyl/N-ethyl adjacent to an activating group) is 1. The van der Waals surface area contributed by atoms with Crippen LogP contribution in [0.1, 0.15) is 43.2 Å². The van der Waals surface area contributed by atoms with Crippen molar-refractivity contribution < 1.29 is 23.8 Å². The Morgan fingerprint density at radius 1 is 0.943 bits per heavy atom. The predicted molar refractivity (Wildman–Crippen MR) is 132 cm³/mol. The van der Waals surface area contributed by atoms with Crippen molar-refractivity contribution in [2.45, 2.75) is 44.9 Å². The molecule has 35 heavy (non-hydrogen) atoms. The van der Waals surface area contributed by atoms with E-state index in [0.29, 0.717) is 18.7 Å². The van der Waals surface area contributed by atoms with Crippen LogP contribution in [0.3, 0.4) is 0 Å². The molecule has 3 heterocycles. The molecule has 1 fully saturated rings. The number of fused-ring (bicyclic) bond motifs is 2. The van der Waals surface area contributed by atoms with E-state index >= 15 is 0 Å². The Morgan fingerprint density at radius 3 is 2.60 bits per heavy atom. The summed E-state index contributed by atoms with van der Waals surface area (Å²) < 4.78 is 16.7. The van der Waals surface area contributed by atoms with Gasteiger partial charge >= 0.3 is 0 Å². The SMILES string of the molecule is CN1CC2(CCCCc3ccccc3OCC1=O)CCN(C(=O)Cc1ccc3c(c1)OCO3)CC2. The van der Waals surface area contributed by atoms with Crippen molar-refractivity contribution in [3.63, 3.8) is 0 Å². The Balaban J connectivity index is 1.21. The van der Waals surface area contributed by atoms with Gasteiger partial charge in [-0.25, -0.2) is 0 Å². The number of likely N-dealkylation sites (tertiary alicyclic amines) is 1. The summed E-state index contributed by atoms with van der Waals surface area (Å²) in [5.41, 5.74) is 2.15. The minimum atomic E-state index is 0.000987. The van der Waals surface area contributed by atoms with Gasteiger partial charge in [-0.15, -0.1) is 0 Å². The molecule has 186 valence electrons. The number of carbonyl (C=O) groups excluding carboxylic acids is 2. The molecule has 3 aliphatic rings. The highest BCUT2D eigenvalue weighted by Gasteiger charge is 2.37. The largest absolute Gasteiger partial charge is 0.483 e. The van der Waals surface area contributed by atoms with Gasteiger partial charge in [-0.05, 0) is 66.8 Å². The van der Waals surface area contributed by atoms with E-state index in [4.69, 9.17) is 14.2 Å². The zero-order valence-corrected chi connectivity index (χ0v) is 20.5. The number of ether oxygens (including phenoxy) is 3. The van der Waals surface area contributed by atoms with Crippen molar-refractivity contribution in [2.24, 2.45) is 5.41 Å². The standard InChI is InChI=1S/C28H34N2O5/c1-29-19-28(11-5-4-7-22-6-2-3-8-23(22)33-18-27(29)32)12-14-30(15-13-28)26(31)17-21-9-10-24-25(16-21)35-20-34-24/h2-3,6,8-10,16H,4-5,7,11-15,17-20H2,1H3. The first-order chi connectivity index (χ1) is 17.0. The predicted octanol–water partition coefficient (Wildman–Crippen LogP) is 3.83. The molecule has 7 nitrogen and oxygen atoms in total. The maximum atomic E-state index is 13.1. The molecular formula is C28H34N2O5. The molecular weight excluding hydrogens is 444 g/mol. The first-order valence-corrected chi connectivity index (χ1v) is 12.6. The van der Waals surface area contributed by atoms with Crippen LogP contribution in [0.2, 0.25) is 0 Å². The van der Waals surface area contributed by atoms with E-state index in [1.807, 2.05) is 53.2 Å². The van der Waals surface area contributed by atoms with Crippen molar-refractivity contribution in [3.8, 4) is 17.2 Å². The number of hydrogen-bond acceptors (Lipinski definition) is 5. The third-order valence-electron chi connectivity index (χ3n) is 7.69. The van der Waals surface area contributed by atoms with E-state index in [0.717, 1.165) is 68.7 Å². The summed E-state index contributed by atoms with van der Waals surface area (Å²) in [6, 6.07) is 13.7. The number of amides is 2. The summed E-state index contributed by atoms with van der Waals surface area (Å²) >= 11 is 0. The summed E-state index contributed by atoms with van der Waals surface area (Å²) in [5.74, 6) is 2.40. The monoisotopic (exact) mass is 478 g/mol. The van der Waals surface area contributed by atoms with Crippen molar-refractivity contribution in [1.29, 1.82) is 0 Å². The van der Waals surface area contributed by atoms with Crippen LogP contribution in [0.15, 0.2) is 42.5 Å². The smallest absolute Gasteiger partial charge is 0.260 e. The van der Waals surface area contributed by atoms with E-state index in [-0.39, 0.29) is 30.6 Å². The van der Waals surface area contributed by atoms with Gasteiger partial charge in [0.05, 0.1) is 6.42 Å². The molecule has 0 radical (unpaired) electrons. The Labute approximate surface area is 206 Å². The third-order valence-corrected chi connectivity index (χ3v) is 7.69. The van der Waals surface area contributed by atoms with E-state index in [1.165, 1.54) is 5.56 Å². The molecule has 0 saturated carbocycles. The van der Waals surface area contributed by atoms with Gasteiger partial charge in [-0.2, -0.15) is 0 Å². The van der Waals surface area contributed by atoms with Gasteiger partial charge < -0.3 is 24.0 Å². The second-order valence-corrected chi connectivity index (χ2v) is 10.1. The zero-order valence-electron chi connectivity index (χ0n) is 20.5. The third kappa shape index (κ3) is 5.39. The lowest BCUT2D eigenvalue weighted by Crippen LogP contribution is -2.49. The van der Waals surface area contributed by atoms with Crippen LogP contribution >= 0.6 is 0 Å². The average Bonchev–Trinajstić information content (AvgIpc) is 3.33. The minimum absolute atomic E-state index is 0.000987. The fraction of sp³-hybridized carbons (Fsp3) is 0.500. The molecule has 0 N–H and O–H groups in total. The summed E-state index contributed by atoms with van der Waals surface area (Å²) in [6.07, 6.45) is 6.39. The van der Waals surface area contributed by atoms with Gasteiger partial charge in [-0.3, -0.25) is 9.59 Å². The number of carbonyl (C=O) groups is 2. The second-order valence-electron chi connectivity index (χ2n) is 10.1. The van der Waals surface area contributed by atoms with Crippen molar-refractivity contribution >= 4 is 11.8 Å². The van der Waals surface area contributed by atoms with Crippen LogP contribution in [-0.2, 0) is 22.4 Å². The number of hydrogen-bond donors (Lipinski definition) is 0. The summed E-state index contributed by atoms with van der Waals surface area (Å²) in [6.45, 7) is 2.46. The zero-order chi connectivity index (χ0) is 24.3. The molecule has 1 spiro atoms. The van der Waals surface area contributed by atoms with Gasteiger partial charge in [0.25, 0.3) is 5.91 Å². The summed E-state index contributed by atoms with van der Waals surface area (Å²) in [5, 5.41) is 0. The molecule has 0 bridgehead atoms. The van der Waals surface area contributed by atoms with Crippen LogP contribution in [0, 0.1) is 5.41 Å². The normalized spacial score (nSPS) is 20.0. The van der Waals surface area contributed by atoms with Crippen LogP contribution in [0.25, 0.3) is 0 Å². The maximum absolute atomic E-state index is 13.1. The lowest BCUT2D eigenvalue weighted by atomic mass is 9.73. The molecule has 2 aromatic rings. The van der Waals surface area contributed by atoms with Gasteiger partial charge in [0.15, 0.2) is 18.1 Å². The Kier molecular flexibility index (Phi) is 6.84. The first-order valence-electron chi connectivity index (χ1n) is 12.6. The number of benzene rings is 2. The van der Waals surface area contributed by atoms with Gasteiger partial charge in [0.1, 0.15) is 5.75 Å². The Bertz CT molecular complexity index is 1080. The van der Waals surface area contributed by atoms with E-state index in [9.17, 15) is 9.59 Å². The summed E-state index contributed by atoms with van der Waals surface area (Å²) in [4.78, 5) is 29.7. The Hall–Kier alpha value is -3.22. The molecule has 2 aromatic carbocycles. The lowest BCUT2D eigenvalue weighted by Gasteiger charge is -2.44. The molecule has 0 aromatic heterocycles. The average molecular weight is 479 g/mol.